The summed E-state index contributed by atoms with van der Waals surface area (Å²) in [6.45, 7) is 1.43. The van der Waals surface area contributed by atoms with Crippen molar-refractivity contribution in [1.29, 1.82) is 0 Å². The molecule has 2 nitrogen and oxygen atoms in total. The first-order valence-corrected chi connectivity index (χ1v) is 4.88. The molecule has 0 bridgehead atoms. The molecule has 0 aromatic heterocycles. The molecule has 14 heavy (non-hydrogen) atoms. The van der Waals surface area contributed by atoms with Gasteiger partial charge in [0.1, 0.15) is 5.78 Å². The number of benzene rings is 1. The van der Waals surface area contributed by atoms with Gasteiger partial charge in [-0.05, 0) is 24.6 Å². The van der Waals surface area contributed by atoms with Crippen molar-refractivity contribution in [2.75, 3.05) is 0 Å². The van der Waals surface area contributed by atoms with Gasteiger partial charge >= 0.3 is 0 Å². The number of hydrogen-bond acceptors (Lipinski definition) is 2. The van der Waals surface area contributed by atoms with Crippen LogP contribution < -0.4 is 0 Å². The van der Waals surface area contributed by atoms with Crippen molar-refractivity contribution in [3.63, 3.8) is 0 Å². The van der Waals surface area contributed by atoms with Gasteiger partial charge in [-0.1, -0.05) is 29.3 Å². The number of Topliss-reactive ketones (excluding diaryl/α,β-unsaturated/α-hetero) is 1. The van der Waals surface area contributed by atoms with Gasteiger partial charge in [-0.3, -0.25) is 4.79 Å². The average Bonchev–Trinajstić information content (AvgIpc) is 2.08. The minimum Gasteiger partial charge on any atom is -0.388 e. The van der Waals surface area contributed by atoms with Crippen LogP contribution in [0.2, 0.25) is 10.0 Å². The maximum atomic E-state index is 10.8. The maximum absolute atomic E-state index is 10.8. The van der Waals surface area contributed by atoms with E-state index in [2.05, 4.69) is 0 Å². The first kappa shape index (κ1) is 11.5. The summed E-state index contributed by atoms with van der Waals surface area (Å²) in [6, 6.07) is 4.82. The largest absolute Gasteiger partial charge is 0.388 e. The summed E-state index contributed by atoms with van der Waals surface area (Å²) >= 11 is 11.5. The Bertz CT molecular complexity index is 350. The van der Waals surface area contributed by atoms with Gasteiger partial charge in [0.2, 0.25) is 0 Å². The first-order chi connectivity index (χ1) is 6.50. The van der Waals surface area contributed by atoms with Crippen molar-refractivity contribution >= 4 is 29.0 Å². The molecule has 0 aliphatic rings. The first-order valence-electron chi connectivity index (χ1n) is 4.13. The summed E-state index contributed by atoms with van der Waals surface area (Å²) in [5.41, 5.74) is 0.606. The minimum absolute atomic E-state index is 0.0661. The van der Waals surface area contributed by atoms with E-state index in [9.17, 15) is 9.90 Å². The molecule has 0 radical (unpaired) electrons. The molecule has 0 amide bonds. The molecule has 0 spiro atoms. The molecular formula is C10H10Cl2O2. The van der Waals surface area contributed by atoms with Gasteiger partial charge in [0.05, 0.1) is 16.1 Å². The molecule has 1 aromatic carbocycles. The van der Waals surface area contributed by atoms with Crippen molar-refractivity contribution in [1.82, 2.24) is 0 Å². The van der Waals surface area contributed by atoms with Crippen molar-refractivity contribution < 1.29 is 9.90 Å². The van der Waals surface area contributed by atoms with Crippen LogP contribution >= 0.6 is 23.2 Å². The van der Waals surface area contributed by atoms with E-state index in [4.69, 9.17) is 23.2 Å². The molecule has 1 N–H and O–H groups in total. The highest BCUT2D eigenvalue weighted by molar-refractivity contribution is 6.42. The lowest BCUT2D eigenvalue weighted by Gasteiger charge is -2.09. The number of halogens is 2. The fourth-order valence-electron chi connectivity index (χ4n) is 1.11. The van der Waals surface area contributed by atoms with Gasteiger partial charge < -0.3 is 5.11 Å². The van der Waals surface area contributed by atoms with E-state index in [0.29, 0.717) is 15.6 Å². The fraction of sp³-hybridized carbons (Fsp3) is 0.300. The Morgan fingerprint density at radius 2 is 2.07 bits per heavy atom. The highest BCUT2D eigenvalue weighted by atomic mass is 35.5. The van der Waals surface area contributed by atoms with Crippen LogP contribution in [0.4, 0.5) is 0 Å². The molecule has 1 aromatic rings. The predicted octanol–water partition coefficient (Wildman–Crippen LogP) is 3.01. The van der Waals surface area contributed by atoms with Crippen LogP contribution in [0.15, 0.2) is 18.2 Å². The molecule has 4 heteroatoms. The topological polar surface area (TPSA) is 37.3 Å². The molecule has 0 aliphatic heterocycles. The van der Waals surface area contributed by atoms with E-state index in [1.807, 2.05) is 0 Å². The van der Waals surface area contributed by atoms with Gasteiger partial charge in [-0.2, -0.15) is 0 Å². The third kappa shape index (κ3) is 2.98. The van der Waals surface area contributed by atoms with Crippen LogP contribution in [0.5, 0.6) is 0 Å². The van der Waals surface area contributed by atoms with Crippen molar-refractivity contribution in [2.45, 2.75) is 19.4 Å². The molecule has 0 aliphatic carbocycles. The Morgan fingerprint density at radius 1 is 1.43 bits per heavy atom. The lowest BCUT2D eigenvalue weighted by Crippen LogP contribution is -2.03. The number of carbonyl (C=O) groups is 1. The molecule has 0 fully saturated rings. The number of hydrogen-bond donors (Lipinski definition) is 1. The highest BCUT2D eigenvalue weighted by Crippen LogP contribution is 2.26. The Hall–Kier alpha value is -0.570. The van der Waals surface area contributed by atoms with Crippen LogP contribution in [0.3, 0.4) is 0 Å². The van der Waals surface area contributed by atoms with Crippen LogP contribution in [0.1, 0.15) is 25.0 Å². The fourth-order valence-corrected chi connectivity index (χ4v) is 1.42. The second-order valence-corrected chi connectivity index (χ2v) is 3.91. The third-order valence-electron chi connectivity index (χ3n) is 1.81. The van der Waals surface area contributed by atoms with Crippen LogP contribution in [-0.2, 0) is 4.79 Å². The van der Waals surface area contributed by atoms with Gasteiger partial charge in [0.15, 0.2) is 0 Å². The van der Waals surface area contributed by atoms with Crippen molar-refractivity contribution in [3.05, 3.63) is 33.8 Å². The third-order valence-corrected chi connectivity index (χ3v) is 2.55. The minimum atomic E-state index is -0.803. The second kappa shape index (κ2) is 4.78. The molecule has 1 atom stereocenters. The molecular weight excluding hydrogens is 223 g/mol. The van der Waals surface area contributed by atoms with Gasteiger partial charge in [-0.25, -0.2) is 0 Å². The van der Waals surface area contributed by atoms with E-state index < -0.39 is 6.10 Å². The molecule has 76 valence electrons. The summed E-state index contributed by atoms with van der Waals surface area (Å²) in [5, 5.41) is 10.4. The van der Waals surface area contributed by atoms with Crippen molar-refractivity contribution in [3.8, 4) is 0 Å². The van der Waals surface area contributed by atoms with E-state index in [1.165, 1.54) is 6.92 Å². The smallest absolute Gasteiger partial charge is 0.132 e. The normalized spacial score (nSPS) is 12.6. The summed E-state index contributed by atoms with van der Waals surface area (Å²) in [4.78, 5) is 10.8. The second-order valence-electron chi connectivity index (χ2n) is 3.10. The lowest BCUT2D eigenvalue weighted by molar-refractivity contribution is -0.118. The monoisotopic (exact) mass is 232 g/mol. The zero-order valence-electron chi connectivity index (χ0n) is 7.63. The number of aliphatic hydroxyl groups excluding tert-OH is 1. The standard InChI is InChI=1S/C10H10Cl2O2/c1-6(13)4-10(14)7-2-3-8(11)9(12)5-7/h2-3,5,10,14H,4H2,1H3. The summed E-state index contributed by atoms with van der Waals surface area (Å²) in [7, 11) is 0. The number of ketones is 1. The predicted molar refractivity (Wildman–Crippen MR) is 56.7 cm³/mol. The zero-order chi connectivity index (χ0) is 10.7. The number of aliphatic hydroxyl groups is 1. The Kier molecular flexibility index (Phi) is 3.93. The summed E-state index contributed by atoms with van der Waals surface area (Å²) in [5.74, 6) is -0.0661. The summed E-state index contributed by atoms with van der Waals surface area (Å²) < 4.78 is 0. The van der Waals surface area contributed by atoms with E-state index in [1.54, 1.807) is 18.2 Å². The van der Waals surface area contributed by atoms with Gasteiger partial charge in [0, 0.05) is 6.42 Å². The Morgan fingerprint density at radius 3 is 2.57 bits per heavy atom. The Balaban J connectivity index is 2.85. The van der Waals surface area contributed by atoms with Crippen LogP contribution in [-0.4, -0.2) is 10.9 Å². The highest BCUT2D eigenvalue weighted by Gasteiger charge is 2.11. The average molecular weight is 233 g/mol. The molecule has 0 heterocycles. The van der Waals surface area contributed by atoms with Crippen molar-refractivity contribution in [2.24, 2.45) is 0 Å². The van der Waals surface area contributed by atoms with Crippen LogP contribution in [0.25, 0.3) is 0 Å². The molecule has 1 unspecified atom stereocenters. The number of rotatable bonds is 3. The van der Waals surface area contributed by atoms with Crippen LogP contribution in [0, 0.1) is 0 Å². The van der Waals surface area contributed by atoms with E-state index in [-0.39, 0.29) is 12.2 Å². The maximum Gasteiger partial charge on any atom is 0.132 e. The molecule has 0 saturated carbocycles. The molecule has 1 rings (SSSR count). The van der Waals surface area contributed by atoms with Gasteiger partial charge in [0.25, 0.3) is 0 Å². The van der Waals surface area contributed by atoms with E-state index >= 15 is 0 Å². The summed E-state index contributed by atoms with van der Waals surface area (Å²) in [6.07, 6.45) is -0.708. The quantitative estimate of drug-likeness (QED) is 0.871. The van der Waals surface area contributed by atoms with E-state index in [0.717, 1.165) is 0 Å². The zero-order valence-corrected chi connectivity index (χ0v) is 9.14. The van der Waals surface area contributed by atoms with Gasteiger partial charge in [-0.15, -0.1) is 0 Å². The molecule has 0 saturated heterocycles. The Labute approximate surface area is 92.5 Å². The SMILES string of the molecule is CC(=O)CC(O)c1ccc(Cl)c(Cl)c1. The number of carbonyl (C=O) groups excluding carboxylic acids is 1. The lowest BCUT2D eigenvalue weighted by atomic mass is 10.1.